The lowest BCUT2D eigenvalue weighted by Crippen LogP contribution is -2.57. The van der Waals surface area contributed by atoms with E-state index in [2.05, 4.69) is 27.7 Å². The number of fused-ring (bicyclic) bond motifs is 1. The van der Waals surface area contributed by atoms with Gasteiger partial charge >= 0.3 is 5.97 Å². The molecule has 0 saturated carbocycles. The number of ether oxygens (including phenoxy) is 3. The van der Waals surface area contributed by atoms with Crippen molar-refractivity contribution in [1.82, 2.24) is 0 Å². The van der Waals surface area contributed by atoms with Gasteiger partial charge in [-0.3, -0.25) is 0 Å². The highest BCUT2D eigenvalue weighted by atomic mass is 16.7. The minimum Gasteiger partial charge on any atom is -0.433 e. The summed E-state index contributed by atoms with van der Waals surface area (Å²) in [6, 6.07) is 0. The number of aliphatic hydroxyl groups is 1. The number of esters is 1. The van der Waals surface area contributed by atoms with Gasteiger partial charge in [-0.15, -0.1) is 0 Å². The van der Waals surface area contributed by atoms with E-state index in [-0.39, 0.29) is 17.6 Å². The Morgan fingerprint density at radius 3 is 2.61 bits per heavy atom. The molecule has 5 atom stereocenters. The maximum absolute atomic E-state index is 11.9. The number of hydrogen-bond donors (Lipinski definition) is 1. The summed E-state index contributed by atoms with van der Waals surface area (Å²) in [6.45, 7) is 11.0. The standard InChI is InChI=1S/C18H32O5/c1-6-7-8-9-10-21-13-11-12(17(2,3)4)22-16-18(13,5)14(19)15(20)23-16/h12-14,16,19H,6-11H2,1-5H3/t12-,13+,14-,16?,18?/m1/s1. The molecule has 2 saturated heterocycles. The second-order valence-corrected chi connectivity index (χ2v) is 8.18. The van der Waals surface area contributed by atoms with Crippen molar-refractivity contribution in [2.75, 3.05) is 6.61 Å². The molecule has 5 heteroatoms. The van der Waals surface area contributed by atoms with E-state index in [0.717, 1.165) is 12.8 Å². The first kappa shape index (κ1) is 18.7. The lowest BCUT2D eigenvalue weighted by atomic mass is 9.72. The molecule has 0 aliphatic carbocycles. The molecular weight excluding hydrogens is 296 g/mol. The smallest absolute Gasteiger partial charge is 0.338 e. The first-order chi connectivity index (χ1) is 10.7. The molecule has 23 heavy (non-hydrogen) atoms. The Kier molecular flexibility index (Phi) is 5.75. The average Bonchev–Trinajstić information content (AvgIpc) is 2.69. The van der Waals surface area contributed by atoms with E-state index in [0.29, 0.717) is 13.0 Å². The summed E-state index contributed by atoms with van der Waals surface area (Å²) >= 11 is 0. The monoisotopic (exact) mass is 328 g/mol. The van der Waals surface area contributed by atoms with E-state index in [1.165, 1.54) is 12.8 Å². The Labute approximate surface area is 139 Å². The molecule has 0 aromatic heterocycles. The number of rotatable bonds is 6. The van der Waals surface area contributed by atoms with Gasteiger partial charge in [0, 0.05) is 13.0 Å². The Morgan fingerprint density at radius 2 is 2.00 bits per heavy atom. The molecular formula is C18H32O5. The minimum atomic E-state index is -1.19. The third-order valence-corrected chi connectivity index (χ3v) is 5.24. The normalized spacial score (nSPS) is 37.6. The van der Waals surface area contributed by atoms with Crippen LogP contribution in [0.4, 0.5) is 0 Å². The van der Waals surface area contributed by atoms with Crippen molar-refractivity contribution in [2.24, 2.45) is 10.8 Å². The Morgan fingerprint density at radius 1 is 1.30 bits per heavy atom. The first-order valence-electron chi connectivity index (χ1n) is 8.86. The van der Waals surface area contributed by atoms with Crippen molar-refractivity contribution >= 4 is 5.97 Å². The molecule has 0 aromatic carbocycles. The first-order valence-corrected chi connectivity index (χ1v) is 8.86. The molecule has 0 bridgehead atoms. The highest BCUT2D eigenvalue weighted by Gasteiger charge is 2.63. The number of unbranched alkanes of at least 4 members (excludes halogenated alkanes) is 3. The predicted molar refractivity (Wildman–Crippen MR) is 86.8 cm³/mol. The zero-order valence-electron chi connectivity index (χ0n) is 15.1. The number of carbonyl (C=O) groups is 1. The fraction of sp³-hybridized carbons (Fsp3) is 0.944. The molecule has 134 valence electrons. The summed E-state index contributed by atoms with van der Waals surface area (Å²) in [7, 11) is 0. The van der Waals surface area contributed by atoms with Crippen LogP contribution < -0.4 is 0 Å². The lowest BCUT2D eigenvalue weighted by Gasteiger charge is -2.47. The third-order valence-electron chi connectivity index (χ3n) is 5.24. The maximum Gasteiger partial charge on any atom is 0.338 e. The van der Waals surface area contributed by atoms with Gasteiger partial charge in [-0.1, -0.05) is 47.0 Å². The molecule has 2 fully saturated rings. The summed E-state index contributed by atoms with van der Waals surface area (Å²) < 4.78 is 17.4. The van der Waals surface area contributed by atoms with E-state index in [1.807, 2.05) is 6.92 Å². The van der Waals surface area contributed by atoms with Crippen molar-refractivity contribution in [2.45, 2.75) is 91.3 Å². The maximum atomic E-state index is 11.9. The van der Waals surface area contributed by atoms with Crippen LogP contribution in [0.1, 0.15) is 66.7 Å². The van der Waals surface area contributed by atoms with Gasteiger partial charge < -0.3 is 19.3 Å². The van der Waals surface area contributed by atoms with E-state index in [1.54, 1.807) is 0 Å². The molecule has 0 spiro atoms. The van der Waals surface area contributed by atoms with Gasteiger partial charge in [0.2, 0.25) is 6.29 Å². The van der Waals surface area contributed by atoms with Crippen LogP contribution in [0.2, 0.25) is 0 Å². The average molecular weight is 328 g/mol. The van der Waals surface area contributed by atoms with E-state index < -0.39 is 23.8 Å². The second-order valence-electron chi connectivity index (χ2n) is 8.18. The van der Waals surface area contributed by atoms with E-state index >= 15 is 0 Å². The van der Waals surface area contributed by atoms with E-state index in [9.17, 15) is 9.90 Å². The van der Waals surface area contributed by atoms with Gasteiger partial charge in [-0.25, -0.2) is 4.79 Å². The summed E-state index contributed by atoms with van der Waals surface area (Å²) in [5, 5.41) is 10.3. The molecule has 2 heterocycles. The zero-order valence-corrected chi connectivity index (χ0v) is 15.1. The van der Waals surface area contributed by atoms with Crippen LogP contribution in [-0.4, -0.2) is 42.3 Å². The Bertz CT molecular complexity index is 416. The second kappa shape index (κ2) is 7.08. The molecule has 1 N–H and O–H groups in total. The molecule has 0 aromatic rings. The fourth-order valence-corrected chi connectivity index (χ4v) is 3.39. The SMILES string of the molecule is CCCCCCO[C@H]1C[C@H](C(C)(C)C)OC2OC(=O)[C@@H](O)C21C. The van der Waals surface area contributed by atoms with Gasteiger partial charge in [0.1, 0.15) is 0 Å². The minimum absolute atomic E-state index is 0.0701. The number of hydrogen-bond acceptors (Lipinski definition) is 5. The molecule has 5 nitrogen and oxygen atoms in total. The quantitative estimate of drug-likeness (QED) is 0.600. The number of carbonyl (C=O) groups excluding carboxylic acids is 1. The molecule has 0 amide bonds. The van der Waals surface area contributed by atoms with Crippen LogP contribution in [0.5, 0.6) is 0 Å². The van der Waals surface area contributed by atoms with Crippen molar-refractivity contribution in [3.8, 4) is 0 Å². The Hall–Kier alpha value is -0.650. The van der Waals surface area contributed by atoms with Gasteiger partial charge in [0.05, 0.1) is 17.6 Å². The third kappa shape index (κ3) is 3.72. The Balaban J connectivity index is 2.08. The molecule has 2 unspecified atom stereocenters. The number of aliphatic hydroxyl groups excluding tert-OH is 1. The van der Waals surface area contributed by atoms with Gasteiger partial charge in [0.15, 0.2) is 6.10 Å². The van der Waals surface area contributed by atoms with Crippen molar-refractivity contribution in [3.05, 3.63) is 0 Å². The van der Waals surface area contributed by atoms with Gasteiger partial charge in [-0.05, 0) is 18.8 Å². The van der Waals surface area contributed by atoms with Crippen molar-refractivity contribution in [3.63, 3.8) is 0 Å². The predicted octanol–water partition coefficient (Wildman–Crippen LogP) is 3.04. The van der Waals surface area contributed by atoms with Gasteiger partial charge in [0.25, 0.3) is 0 Å². The van der Waals surface area contributed by atoms with Crippen molar-refractivity contribution in [1.29, 1.82) is 0 Å². The molecule has 0 radical (unpaired) electrons. The highest BCUT2D eigenvalue weighted by molar-refractivity contribution is 5.78. The van der Waals surface area contributed by atoms with Crippen LogP contribution in [0.3, 0.4) is 0 Å². The van der Waals surface area contributed by atoms with Crippen LogP contribution in [-0.2, 0) is 19.0 Å². The van der Waals surface area contributed by atoms with Crippen LogP contribution in [0.25, 0.3) is 0 Å². The summed E-state index contributed by atoms with van der Waals surface area (Å²) in [6.07, 6.45) is 2.96. The van der Waals surface area contributed by atoms with Crippen molar-refractivity contribution < 1.29 is 24.1 Å². The summed E-state index contributed by atoms with van der Waals surface area (Å²) in [4.78, 5) is 11.9. The molecule has 2 aliphatic rings. The summed E-state index contributed by atoms with van der Waals surface area (Å²) in [5.74, 6) is -0.605. The summed E-state index contributed by atoms with van der Waals surface area (Å²) in [5.41, 5.74) is -0.908. The molecule has 2 rings (SSSR count). The topological polar surface area (TPSA) is 65.0 Å². The van der Waals surface area contributed by atoms with Crippen LogP contribution in [0.15, 0.2) is 0 Å². The highest BCUT2D eigenvalue weighted by Crippen LogP contribution is 2.49. The zero-order chi connectivity index (χ0) is 17.3. The lowest BCUT2D eigenvalue weighted by molar-refractivity contribution is -0.275. The largest absolute Gasteiger partial charge is 0.433 e. The fourth-order valence-electron chi connectivity index (χ4n) is 3.39. The van der Waals surface area contributed by atoms with Crippen LogP contribution in [0, 0.1) is 10.8 Å². The van der Waals surface area contributed by atoms with Crippen LogP contribution >= 0.6 is 0 Å². The van der Waals surface area contributed by atoms with Gasteiger partial charge in [-0.2, -0.15) is 0 Å². The molecule has 2 aliphatic heterocycles. The van der Waals surface area contributed by atoms with E-state index in [4.69, 9.17) is 14.2 Å².